The van der Waals surface area contributed by atoms with Crippen molar-refractivity contribution in [3.05, 3.63) is 41.2 Å². The number of benzene rings is 2. The van der Waals surface area contributed by atoms with E-state index in [1.54, 1.807) is 0 Å². The smallest absolute Gasteiger partial charge is 0.270 e. The number of aromatic hydroxyl groups is 6. The van der Waals surface area contributed by atoms with E-state index in [4.69, 9.17) is 9.47 Å². The van der Waals surface area contributed by atoms with Crippen molar-refractivity contribution in [2.45, 2.75) is 43.7 Å². The molecule has 2 aliphatic rings. The molecule has 4 rings (SSSR count). The van der Waals surface area contributed by atoms with E-state index < -0.39 is 54.1 Å². The van der Waals surface area contributed by atoms with E-state index >= 15 is 0 Å². The summed E-state index contributed by atoms with van der Waals surface area (Å²) in [6.07, 6.45) is -6.53. The maximum Gasteiger partial charge on any atom is 0.270 e. The highest BCUT2D eigenvalue weighted by molar-refractivity contribution is 5.69. The van der Waals surface area contributed by atoms with Gasteiger partial charge in [0.05, 0.1) is 17.7 Å². The minimum Gasteiger partial charge on any atom is -0.571 e. The molecule has 0 aromatic heterocycles. The molecule has 172 valence electrons. The first-order valence-electron chi connectivity index (χ1n) is 9.66. The van der Waals surface area contributed by atoms with Crippen LogP contribution in [0.4, 0.5) is 0 Å². The number of rotatable bonds is 3. The summed E-state index contributed by atoms with van der Waals surface area (Å²) in [7, 11) is 0. The van der Waals surface area contributed by atoms with E-state index in [9.17, 15) is 40.9 Å². The van der Waals surface area contributed by atoms with Crippen LogP contribution in [0.2, 0.25) is 0 Å². The van der Waals surface area contributed by atoms with Crippen LogP contribution in [0.3, 0.4) is 0 Å². The Kier molecular flexibility index (Phi) is 5.42. The van der Waals surface area contributed by atoms with E-state index in [1.165, 1.54) is 19.1 Å². The number of aliphatic hydroxyl groups is 4. The van der Waals surface area contributed by atoms with Gasteiger partial charge in [-0.15, -0.1) is 0 Å². The molecule has 9 N–H and O–H groups in total. The Morgan fingerprint density at radius 1 is 0.844 bits per heavy atom. The molecule has 11 heteroatoms. The monoisotopic (exact) mass is 451 g/mol. The van der Waals surface area contributed by atoms with E-state index in [1.807, 2.05) is 0 Å². The third kappa shape index (κ3) is 3.71. The summed E-state index contributed by atoms with van der Waals surface area (Å²) in [5.74, 6) is -2.39. The molecule has 2 aliphatic heterocycles. The third-order valence-corrected chi connectivity index (χ3v) is 5.41. The minimum atomic E-state index is -1.63. The number of ether oxygens (including phenoxy) is 3. The summed E-state index contributed by atoms with van der Waals surface area (Å²) < 4.78 is 15.7. The molecule has 11 nitrogen and oxygen atoms in total. The van der Waals surface area contributed by atoms with Crippen LogP contribution >= 0.6 is 0 Å². The molecule has 2 aromatic rings. The summed E-state index contributed by atoms with van der Waals surface area (Å²) in [5.41, 5.74) is 0.344. The number of phenols is 5. The van der Waals surface area contributed by atoms with Crippen LogP contribution < -0.4 is 0 Å². The maximum atomic E-state index is 10.3. The number of fused-ring (bicyclic) bond motifs is 1. The molecule has 0 radical (unpaired) electrons. The van der Waals surface area contributed by atoms with Crippen molar-refractivity contribution in [2.75, 3.05) is 0 Å². The SMILES string of the molecule is CC1OC(OC2=Cc3c(O)cc(O)cc3[OH+]C2c2cc(O)c(O)c(O)c2)C(O)C(O)C1O. The standard InChI is InChI=1S/C21H22O11/c1-7-16(26)18(28)19(29)21(30-7)32-15-6-10-11(23)4-9(22)5-14(10)31-20(15)8-2-12(24)17(27)13(25)3-8/h2-7,16,18-29H,1H3/p+1. The molecule has 1 fully saturated rings. The molecule has 0 saturated carbocycles. The lowest BCUT2D eigenvalue weighted by atomic mass is 9.99. The van der Waals surface area contributed by atoms with Crippen molar-refractivity contribution in [3.8, 4) is 34.5 Å². The van der Waals surface area contributed by atoms with E-state index in [0.29, 0.717) is 0 Å². The highest BCUT2D eigenvalue weighted by atomic mass is 16.7. The second-order valence-corrected chi connectivity index (χ2v) is 7.68. The fourth-order valence-corrected chi connectivity index (χ4v) is 3.65. The molecular formula is C21H23O11+. The lowest BCUT2D eigenvalue weighted by Crippen LogP contribution is -2.57. The highest BCUT2D eigenvalue weighted by Crippen LogP contribution is 2.47. The van der Waals surface area contributed by atoms with Gasteiger partial charge in [0.25, 0.3) is 11.9 Å². The lowest BCUT2D eigenvalue weighted by Gasteiger charge is -2.39. The van der Waals surface area contributed by atoms with Crippen LogP contribution in [0, 0.1) is 0 Å². The topological polar surface area (TPSA) is 193 Å². The van der Waals surface area contributed by atoms with E-state index in [-0.39, 0.29) is 34.1 Å². The van der Waals surface area contributed by atoms with Gasteiger partial charge >= 0.3 is 0 Å². The Morgan fingerprint density at radius 2 is 1.50 bits per heavy atom. The number of hydrogen-bond donors (Lipinski definition) is 8. The number of hydrogen-bond acceptors (Lipinski definition) is 10. The van der Waals surface area contributed by atoms with Gasteiger partial charge in [-0.05, 0) is 19.1 Å². The van der Waals surface area contributed by atoms with Crippen LogP contribution in [0.1, 0.15) is 24.2 Å². The molecule has 1 saturated heterocycles. The molecule has 0 amide bonds. The Labute approximate surface area is 181 Å². The summed E-state index contributed by atoms with van der Waals surface area (Å²) in [6, 6.07) is 4.64. The molecule has 0 bridgehead atoms. The summed E-state index contributed by atoms with van der Waals surface area (Å²) >= 11 is 0. The average Bonchev–Trinajstić information content (AvgIpc) is 2.73. The molecule has 32 heavy (non-hydrogen) atoms. The van der Waals surface area contributed by atoms with Crippen LogP contribution in [0.5, 0.6) is 34.5 Å². The van der Waals surface area contributed by atoms with Crippen molar-refractivity contribution in [2.24, 2.45) is 0 Å². The molecule has 2 heterocycles. The Balaban J connectivity index is 1.77. The lowest BCUT2D eigenvalue weighted by molar-refractivity contribution is -0.287. The fourth-order valence-electron chi connectivity index (χ4n) is 3.65. The quantitative estimate of drug-likeness (QED) is 0.239. The molecule has 2 aromatic carbocycles. The van der Waals surface area contributed by atoms with Crippen molar-refractivity contribution in [1.82, 2.24) is 0 Å². The zero-order valence-corrected chi connectivity index (χ0v) is 16.7. The predicted molar refractivity (Wildman–Crippen MR) is 107 cm³/mol. The first-order valence-corrected chi connectivity index (χ1v) is 9.66. The third-order valence-electron chi connectivity index (χ3n) is 5.41. The van der Waals surface area contributed by atoms with Gasteiger partial charge in [0.1, 0.15) is 35.4 Å². The van der Waals surface area contributed by atoms with E-state index in [2.05, 4.69) is 4.74 Å². The van der Waals surface area contributed by atoms with E-state index in [0.717, 1.165) is 18.2 Å². The van der Waals surface area contributed by atoms with Crippen LogP contribution in [-0.4, -0.2) is 76.3 Å². The van der Waals surface area contributed by atoms with Gasteiger partial charge < -0.3 is 55.1 Å². The predicted octanol–water partition coefficient (Wildman–Crippen LogP) is 0.396. The van der Waals surface area contributed by atoms with Crippen LogP contribution in [0.25, 0.3) is 6.08 Å². The van der Waals surface area contributed by atoms with Crippen molar-refractivity contribution in [3.63, 3.8) is 0 Å². The summed E-state index contributed by atoms with van der Waals surface area (Å²) in [5, 5.41) is 79.8. The van der Waals surface area contributed by atoms with Gasteiger partial charge in [-0.2, -0.15) is 0 Å². The molecule has 0 spiro atoms. The first-order chi connectivity index (χ1) is 15.1. The molecule has 6 unspecified atom stereocenters. The normalized spacial score (nSPS) is 29.6. The fraction of sp³-hybridized carbons (Fsp3) is 0.333. The Bertz CT molecular complexity index is 1040. The first kappa shape index (κ1) is 21.8. The zero-order chi connectivity index (χ0) is 23.3. The molecule has 0 aliphatic carbocycles. The highest BCUT2D eigenvalue weighted by Gasteiger charge is 2.45. The van der Waals surface area contributed by atoms with Gasteiger partial charge in [0, 0.05) is 12.1 Å². The number of aliphatic hydroxyl groups excluding tert-OH is 3. The van der Waals surface area contributed by atoms with Gasteiger partial charge in [0.15, 0.2) is 23.0 Å². The van der Waals surface area contributed by atoms with Gasteiger partial charge in [0.2, 0.25) is 6.29 Å². The van der Waals surface area contributed by atoms with Gasteiger partial charge in [-0.1, -0.05) is 0 Å². The maximum absolute atomic E-state index is 10.3. The van der Waals surface area contributed by atoms with Gasteiger partial charge in [-0.3, -0.25) is 0 Å². The van der Waals surface area contributed by atoms with Gasteiger partial charge in [-0.25, -0.2) is 0 Å². The molecular weight excluding hydrogens is 428 g/mol. The summed E-state index contributed by atoms with van der Waals surface area (Å²) in [6.45, 7) is 1.48. The second-order valence-electron chi connectivity index (χ2n) is 7.68. The largest absolute Gasteiger partial charge is 0.571 e. The van der Waals surface area contributed by atoms with Crippen LogP contribution in [-0.2, 0) is 9.47 Å². The number of phenolic OH excluding ortho intramolecular Hbond substituents is 5. The van der Waals surface area contributed by atoms with Crippen LogP contribution in [0.15, 0.2) is 30.0 Å². The minimum absolute atomic E-state index is 0.0113. The molecule has 6 atom stereocenters. The zero-order valence-electron chi connectivity index (χ0n) is 16.7. The van der Waals surface area contributed by atoms with Crippen molar-refractivity contribution in [1.29, 1.82) is 0 Å². The van der Waals surface area contributed by atoms with Crippen molar-refractivity contribution < 1.29 is 55.1 Å². The average molecular weight is 451 g/mol. The second kappa shape index (κ2) is 7.95. The summed E-state index contributed by atoms with van der Waals surface area (Å²) in [4.78, 5) is 0. The Morgan fingerprint density at radius 3 is 2.16 bits per heavy atom. The van der Waals surface area contributed by atoms with Crippen molar-refractivity contribution >= 4 is 6.08 Å². The Hall–Kier alpha value is -3.38.